The number of rotatable bonds is 4. The van der Waals surface area contributed by atoms with Crippen molar-refractivity contribution in [2.75, 3.05) is 31.4 Å². The highest BCUT2D eigenvalue weighted by Crippen LogP contribution is 2.45. The average molecular weight is 584 g/mol. The molecular weight excluding hydrogens is 560 g/mol. The third-order valence-corrected chi connectivity index (χ3v) is 8.23. The lowest BCUT2D eigenvalue weighted by Crippen LogP contribution is -2.66. The van der Waals surface area contributed by atoms with Gasteiger partial charge >= 0.3 is 6.16 Å². The molecular formula is C28H23F2N3O7S. The van der Waals surface area contributed by atoms with E-state index in [1.54, 1.807) is 5.01 Å². The molecule has 1 aromatic heterocycles. The molecule has 1 amide bonds. The van der Waals surface area contributed by atoms with Gasteiger partial charge in [0.15, 0.2) is 29.7 Å². The third kappa shape index (κ3) is 4.64. The van der Waals surface area contributed by atoms with Gasteiger partial charge in [-0.3, -0.25) is 24.1 Å². The number of pyridine rings is 1. The first-order chi connectivity index (χ1) is 19.8. The minimum absolute atomic E-state index is 0.0823. The molecule has 0 unspecified atom stereocenters. The van der Waals surface area contributed by atoms with E-state index in [0.717, 1.165) is 22.6 Å². The van der Waals surface area contributed by atoms with Crippen molar-refractivity contribution in [2.24, 2.45) is 0 Å². The fourth-order valence-corrected chi connectivity index (χ4v) is 6.46. The Morgan fingerprint density at radius 1 is 1.10 bits per heavy atom. The summed E-state index contributed by atoms with van der Waals surface area (Å²) < 4.78 is 46.8. The van der Waals surface area contributed by atoms with Crippen molar-refractivity contribution in [2.45, 2.75) is 29.8 Å². The molecule has 0 saturated carbocycles. The second kappa shape index (κ2) is 10.6. The van der Waals surface area contributed by atoms with Gasteiger partial charge < -0.3 is 19.1 Å². The lowest BCUT2D eigenvalue weighted by atomic mass is 9.93. The summed E-state index contributed by atoms with van der Waals surface area (Å²) in [6, 6.07) is 10.4. The highest BCUT2D eigenvalue weighted by atomic mass is 32.2. The van der Waals surface area contributed by atoms with Crippen LogP contribution in [0, 0.1) is 11.6 Å². The first-order valence-electron chi connectivity index (χ1n) is 12.7. The van der Waals surface area contributed by atoms with Gasteiger partial charge in [0, 0.05) is 35.0 Å². The molecule has 1 saturated heterocycles. The summed E-state index contributed by atoms with van der Waals surface area (Å²) in [5, 5.41) is 1.75. The lowest BCUT2D eigenvalue weighted by molar-refractivity contribution is -0.120. The molecule has 1 fully saturated rings. The van der Waals surface area contributed by atoms with E-state index in [1.807, 2.05) is 24.3 Å². The molecule has 2 aromatic carbocycles. The summed E-state index contributed by atoms with van der Waals surface area (Å²) in [5.74, 6) is -3.40. The number of benzene rings is 2. The number of hydrogen-bond donors (Lipinski definition) is 0. The maximum absolute atomic E-state index is 15.3. The molecule has 0 N–H and O–H groups in total. The van der Waals surface area contributed by atoms with Gasteiger partial charge in [0.2, 0.25) is 11.2 Å². The number of carbonyl (C=O) groups excluding carboxylic acids is 3. The molecule has 6 rings (SSSR count). The van der Waals surface area contributed by atoms with Crippen molar-refractivity contribution in [3.8, 4) is 5.75 Å². The van der Waals surface area contributed by atoms with E-state index >= 15 is 4.39 Å². The highest BCUT2D eigenvalue weighted by Gasteiger charge is 2.46. The quantitative estimate of drug-likeness (QED) is 0.428. The van der Waals surface area contributed by atoms with Crippen LogP contribution in [0.15, 0.2) is 58.4 Å². The van der Waals surface area contributed by atoms with Gasteiger partial charge in [0.25, 0.3) is 5.91 Å². The number of hydrogen-bond acceptors (Lipinski definition) is 9. The Kier molecular flexibility index (Phi) is 6.99. The standard InChI is InChI=1S/C28H23F2N3O7S/c1-15(34)12-39-28(37)40-26-20(35)8-9-32-25(26)27(36)31-10-11-38-13-22(31)33(32)24-16-6-7-19(29)23(30)18(16)14-41-21-5-3-2-4-17(21)24/h2-9,22,24H,10-14H2,1H3/t22-,24+/m1/s1. The number of nitrogens with zero attached hydrogens (tertiary/aromatic N) is 3. The van der Waals surface area contributed by atoms with Crippen molar-refractivity contribution >= 4 is 29.6 Å². The second-order valence-electron chi connectivity index (χ2n) is 9.64. The van der Waals surface area contributed by atoms with Crippen LogP contribution < -0.4 is 15.2 Å². The first kappa shape index (κ1) is 27.0. The Bertz CT molecular complexity index is 1650. The number of halogens is 2. The molecule has 3 aliphatic rings. The largest absolute Gasteiger partial charge is 0.514 e. The highest BCUT2D eigenvalue weighted by molar-refractivity contribution is 7.98. The van der Waals surface area contributed by atoms with Crippen LogP contribution in [0.2, 0.25) is 0 Å². The van der Waals surface area contributed by atoms with Crippen molar-refractivity contribution in [1.29, 1.82) is 0 Å². The smallest absolute Gasteiger partial charge is 0.426 e. The van der Waals surface area contributed by atoms with Crippen molar-refractivity contribution in [3.05, 3.63) is 92.9 Å². The van der Waals surface area contributed by atoms with Gasteiger partial charge in [-0.15, -0.1) is 11.8 Å². The van der Waals surface area contributed by atoms with Crippen LogP contribution in [0.5, 0.6) is 5.75 Å². The zero-order valence-corrected chi connectivity index (χ0v) is 22.5. The Hall–Kier alpha value is -4.23. The van der Waals surface area contributed by atoms with Gasteiger partial charge in [0.05, 0.1) is 19.3 Å². The number of thioether (sulfide) groups is 1. The minimum Gasteiger partial charge on any atom is -0.426 e. The number of ketones is 1. The van der Waals surface area contributed by atoms with E-state index in [0.29, 0.717) is 5.56 Å². The minimum atomic E-state index is -1.33. The van der Waals surface area contributed by atoms with Crippen LogP contribution >= 0.6 is 11.8 Å². The molecule has 10 nitrogen and oxygen atoms in total. The van der Waals surface area contributed by atoms with Crippen LogP contribution in [-0.4, -0.2) is 60.0 Å². The molecule has 0 bridgehead atoms. The van der Waals surface area contributed by atoms with E-state index < -0.39 is 59.5 Å². The van der Waals surface area contributed by atoms with Crippen LogP contribution in [0.25, 0.3) is 0 Å². The maximum atomic E-state index is 15.3. The molecule has 3 aromatic rings. The normalized spacial score (nSPS) is 19.3. The fourth-order valence-electron chi connectivity index (χ4n) is 5.34. The van der Waals surface area contributed by atoms with Crippen LogP contribution in [-0.2, 0) is 20.0 Å². The predicted octanol–water partition coefficient (Wildman–Crippen LogP) is 3.38. The topological polar surface area (TPSA) is 107 Å². The van der Waals surface area contributed by atoms with Gasteiger partial charge in [-0.25, -0.2) is 13.6 Å². The Morgan fingerprint density at radius 3 is 2.71 bits per heavy atom. The van der Waals surface area contributed by atoms with Crippen molar-refractivity contribution in [1.82, 2.24) is 9.58 Å². The van der Waals surface area contributed by atoms with E-state index in [2.05, 4.69) is 0 Å². The van der Waals surface area contributed by atoms with Crippen molar-refractivity contribution in [3.63, 3.8) is 0 Å². The molecule has 13 heteroatoms. The second-order valence-corrected chi connectivity index (χ2v) is 10.7. The van der Waals surface area contributed by atoms with Crippen LogP contribution in [0.3, 0.4) is 0 Å². The zero-order valence-electron chi connectivity index (χ0n) is 21.7. The molecule has 2 atom stereocenters. The number of fused-ring (bicyclic) bond motifs is 4. The maximum Gasteiger partial charge on any atom is 0.514 e. The summed E-state index contributed by atoms with van der Waals surface area (Å²) in [6.07, 6.45) is -0.671. The Labute approximate surface area is 236 Å². The SMILES string of the molecule is CC(=O)COC(=O)Oc1c2n(ccc1=O)N([C@@H]1c3ccccc3SCc3c1ccc(F)c3F)[C@@H]1COCCN1C2=O. The number of ether oxygens (including phenoxy) is 3. The summed E-state index contributed by atoms with van der Waals surface area (Å²) in [4.78, 5) is 52.8. The molecule has 0 radical (unpaired) electrons. The zero-order chi connectivity index (χ0) is 28.8. The summed E-state index contributed by atoms with van der Waals surface area (Å²) in [7, 11) is 0. The monoisotopic (exact) mass is 583 g/mol. The van der Waals surface area contributed by atoms with Crippen molar-refractivity contribution < 1.29 is 37.4 Å². The third-order valence-electron chi connectivity index (χ3n) is 7.11. The summed E-state index contributed by atoms with van der Waals surface area (Å²) in [5.41, 5.74) is 0.378. The van der Waals surface area contributed by atoms with E-state index in [1.165, 1.54) is 40.5 Å². The van der Waals surface area contributed by atoms with Gasteiger partial charge in [-0.05, 0) is 30.2 Å². The molecule has 0 aliphatic carbocycles. The summed E-state index contributed by atoms with van der Waals surface area (Å²) in [6.45, 7) is 1.10. The number of Topliss-reactive ketones (excluding diaryl/α,β-unsaturated/α-hetero) is 1. The van der Waals surface area contributed by atoms with E-state index in [9.17, 15) is 23.6 Å². The van der Waals surface area contributed by atoms with Crippen LogP contribution in [0.1, 0.15) is 40.1 Å². The number of morpholine rings is 1. The van der Waals surface area contributed by atoms with E-state index in [-0.39, 0.29) is 36.8 Å². The Balaban J connectivity index is 1.58. The number of amides is 1. The first-order valence-corrected chi connectivity index (χ1v) is 13.7. The van der Waals surface area contributed by atoms with Crippen LogP contribution in [0.4, 0.5) is 13.6 Å². The molecule has 4 heterocycles. The molecule has 212 valence electrons. The number of aromatic nitrogens is 1. The van der Waals surface area contributed by atoms with Gasteiger partial charge in [-0.2, -0.15) is 0 Å². The number of carbonyl (C=O) groups is 3. The van der Waals surface area contributed by atoms with Gasteiger partial charge in [-0.1, -0.05) is 24.3 Å². The molecule has 0 spiro atoms. The fraction of sp³-hybridized carbons (Fsp3) is 0.286. The average Bonchev–Trinajstić information content (AvgIpc) is 3.13. The molecule has 3 aliphatic heterocycles. The van der Waals surface area contributed by atoms with E-state index in [4.69, 9.17) is 14.2 Å². The lowest BCUT2D eigenvalue weighted by Gasteiger charge is -2.51. The molecule has 41 heavy (non-hydrogen) atoms. The predicted molar refractivity (Wildman–Crippen MR) is 141 cm³/mol. The Morgan fingerprint density at radius 2 is 1.90 bits per heavy atom. The van der Waals surface area contributed by atoms with Gasteiger partial charge in [0.1, 0.15) is 6.17 Å². The summed E-state index contributed by atoms with van der Waals surface area (Å²) >= 11 is 1.36.